The summed E-state index contributed by atoms with van der Waals surface area (Å²) in [5, 5.41) is 0.309. The predicted octanol–water partition coefficient (Wildman–Crippen LogP) is 6.47. The van der Waals surface area contributed by atoms with Crippen molar-refractivity contribution in [1.29, 1.82) is 0 Å². The first-order valence-electron chi connectivity index (χ1n) is 9.54. The molecule has 3 aromatic rings. The molecular formula is C24H17ClFNO3S2. The van der Waals surface area contributed by atoms with E-state index in [1.54, 1.807) is 67.8 Å². The van der Waals surface area contributed by atoms with Gasteiger partial charge in [-0.25, -0.2) is 4.39 Å². The smallest absolute Gasteiger partial charge is 0.270 e. The van der Waals surface area contributed by atoms with Gasteiger partial charge < -0.3 is 9.47 Å². The lowest BCUT2D eigenvalue weighted by Gasteiger charge is -2.14. The van der Waals surface area contributed by atoms with E-state index >= 15 is 0 Å². The van der Waals surface area contributed by atoms with Gasteiger partial charge in [-0.2, -0.15) is 0 Å². The quantitative estimate of drug-likeness (QED) is 0.295. The van der Waals surface area contributed by atoms with Gasteiger partial charge in [0.1, 0.15) is 23.9 Å². The Balaban J connectivity index is 1.51. The highest BCUT2D eigenvalue weighted by molar-refractivity contribution is 8.27. The zero-order valence-electron chi connectivity index (χ0n) is 16.9. The number of carbonyl (C=O) groups excluding carboxylic acids is 1. The number of carbonyl (C=O) groups is 1. The third-order valence-corrected chi connectivity index (χ3v) is 6.38. The van der Waals surface area contributed by atoms with E-state index in [1.165, 1.54) is 22.7 Å². The van der Waals surface area contributed by atoms with E-state index in [2.05, 4.69) is 0 Å². The number of halogens is 2. The van der Waals surface area contributed by atoms with E-state index in [1.807, 2.05) is 6.07 Å². The van der Waals surface area contributed by atoms with Gasteiger partial charge in [0.2, 0.25) is 0 Å². The molecule has 1 fully saturated rings. The van der Waals surface area contributed by atoms with Gasteiger partial charge >= 0.3 is 0 Å². The van der Waals surface area contributed by atoms with Crippen LogP contribution in [0, 0.1) is 5.82 Å². The molecule has 0 unspecified atom stereocenters. The van der Waals surface area contributed by atoms with E-state index in [9.17, 15) is 9.18 Å². The van der Waals surface area contributed by atoms with Crippen LogP contribution >= 0.6 is 35.6 Å². The molecule has 0 bridgehead atoms. The number of methoxy groups -OCH3 is 1. The molecule has 8 heteroatoms. The lowest BCUT2D eigenvalue weighted by atomic mass is 10.2. The first kappa shape index (κ1) is 22.3. The van der Waals surface area contributed by atoms with Gasteiger partial charge in [-0.1, -0.05) is 53.8 Å². The molecule has 0 spiro atoms. The van der Waals surface area contributed by atoms with E-state index in [0.717, 1.165) is 5.56 Å². The van der Waals surface area contributed by atoms with Gasteiger partial charge in [-0.3, -0.25) is 9.69 Å². The van der Waals surface area contributed by atoms with Crippen molar-refractivity contribution in [2.75, 3.05) is 12.0 Å². The molecule has 1 saturated heterocycles. The number of benzene rings is 3. The van der Waals surface area contributed by atoms with Crippen molar-refractivity contribution in [2.24, 2.45) is 0 Å². The Bertz CT molecular complexity index is 1190. The first-order valence-corrected chi connectivity index (χ1v) is 11.1. The molecule has 0 radical (unpaired) electrons. The Morgan fingerprint density at radius 1 is 1.09 bits per heavy atom. The summed E-state index contributed by atoms with van der Waals surface area (Å²) in [6.45, 7) is -0.00541. The second-order valence-electron chi connectivity index (χ2n) is 6.78. The molecule has 4 rings (SSSR count). The molecule has 1 amide bonds. The van der Waals surface area contributed by atoms with Crippen molar-refractivity contribution in [1.82, 2.24) is 0 Å². The molecule has 0 saturated carbocycles. The lowest BCUT2D eigenvalue weighted by Crippen LogP contribution is -2.27. The molecule has 32 heavy (non-hydrogen) atoms. The second kappa shape index (κ2) is 9.73. The fraction of sp³-hybridized carbons (Fsp3) is 0.0833. The van der Waals surface area contributed by atoms with Crippen LogP contribution in [0.15, 0.2) is 71.6 Å². The van der Waals surface area contributed by atoms with E-state index in [4.69, 9.17) is 33.3 Å². The Morgan fingerprint density at radius 2 is 1.84 bits per heavy atom. The minimum atomic E-state index is -0.420. The largest absolute Gasteiger partial charge is 0.497 e. The van der Waals surface area contributed by atoms with Gasteiger partial charge in [0.05, 0.1) is 22.7 Å². The molecular weight excluding hydrogens is 469 g/mol. The normalized spacial score (nSPS) is 14.8. The number of thioether (sulfide) groups is 1. The van der Waals surface area contributed by atoms with Crippen LogP contribution in [0.25, 0.3) is 6.08 Å². The Kier molecular flexibility index (Phi) is 6.79. The second-order valence-corrected chi connectivity index (χ2v) is 8.86. The van der Waals surface area contributed by atoms with Crippen LogP contribution in [-0.4, -0.2) is 17.3 Å². The van der Waals surface area contributed by atoms with Crippen LogP contribution in [0.2, 0.25) is 5.02 Å². The zero-order valence-corrected chi connectivity index (χ0v) is 19.3. The average Bonchev–Trinajstić information content (AvgIpc) is 3.06. The molecule has 162 valence electrons. The maximum Gasteiger partial charge on any atom is 0.270 e. The summed E-state index contributed by atoms with van der Waals surface area (Å²) in [5.74, 6) is 0.609. The molecule has 0 aliphatic carbocycles. The van der Waals surface area contributed by atoms with Crippen molar-refractivity contribution in [2.45, 2.75) is 6.61 Å². The highest BCUT2D eigenvalue weighted by Crippen LogP contribution is 2.36. The molecule has 0 atom stereocenters. The minimum absolute atomic E-state index is 0.00541. The van der Waals surface area contributed by atoms with Crippen LogP contribution in [0.5, 0.6) is 11.5 Å². The van der Waals surface area contributed by atoms with Gasteiger partial charge in [-0.05, 0) is 60.2 Å². The van der Waals surface area contributed by atoms with Crippen molar-refractivity contribution < 1.29 is 18.7 Å². The molecule has 3 aromatic carbocycles. The van der Waals surface area contributed by atoms with E-state index in [0.29, 0.717) is 37.0 Å². The summed E-state index contributed by atoms with van der Waals surface area (Å²) in [5.41, 5.74) is 1.73. The number of amides is 1. The number of hydrogen-bond acceptors (Lipinski definition) is 5. The van der Waals surface area contributed by atoms with Crippen molar-refractivity contribution in [3.05, 3.63) is 93.6 Å². The first-order chi connectivity index (χ1) is 15.5. The summed E-state index contributed by atoms with van der Waals surface area (Å²) in [4.78, 5) is 15.0. The van der Waals surface area contributed by atoms with Crippen LogP contribution in [-0.2, 0) is 11.4 Å². The Labute approximate surface area is 199 Å². The summed E-state index contributed by atoms with van der Waals surface area (Å²) < 4.78 is 25.3. The predicted molar refractivity (Wildman–Crippen MR) is 131 cm³/mol. The molecule has 1 heterocycles. The summed E-state index contributed by atoms with van der Waals surface area (Å²) in [6, 6.07) is 18.8. The Hall–Kier alpha value is -2.87. The Morgan fingerprint density at radius 3 is 2.56 bits per heavy atom. The van der Waals surface area contributed by atoms with Crippen molar-refractivity contribution in [3.8, 4) is 11.5 Å². The highest BCUT2D eigenvalue weighted by Gasteiger charge is 2.33. The molecule has 1 aliphatic heterocycles. The van der Waals surface area contributed by atoms with Gasteiger partial charge in [0, 0.05) is 5.56 Å². The topological polar surface area (TPSA) is 38.8 Å². The number of nitrogens with zero attached hydrogens (tertiary/aromatic N) is 1. The average molecular weight is 486 g/mol. The molecule has 0 aromatic heterocycles. The molecule has 0 N–H and O–H groups in total. The third-order valence-electron chi connectivity index (χ3n) is 4.73. The summed E-state index contributed by atoms with van der Waals surface area (Å²) >= 11 is 12.7. The van der Waals surface area contributed by atoms with Gasteiger partial charge in [0.25, 0.3) is 5.91 Å². The fourth-order valence-electron chi connectivity index (χ4n) is 3.09. The maximum atomic E-state index is 14.0. The van der Waals surface area contributed by atoms with Gasteiger partial charge in [0.15, 0.2) is 4.32 Å². The van der Waals surface area contributed by atoms with E-state index < -0.39 is 5.82 Å². The molecule has 1 aliphatic rings. The number of ether oxygens (including phenoxy) is 2. The van der Waals surface area contributed by atoms with Gasteiger partial charge in [-0.15, -0.1) is 0 Å². The fourth-order valence-corrected chi connectivity index (χ4v) is 4.61. The van der Waals surface area contributed by atoms with Crippen molar-refractivity contribution in [3.63, 3.8) is 0 Å². The summed E-state index contributed by atoms with van der Waals surface area (Å²) in [7, 11) is 1.58. The number of anilines is 1. The maximum absolute atomic E-state index is 14.0. The van der Waals surface area contributed by atoms with E-state index in [-0.39, 0.29) is 12.5 Å². The van der Waals surface area contributed by atoms with Crippen LogP contribution < -0.4 is 14.4 Å². The zero-order chi connectivity index (χ0) is 22.7. The number of rotatable bonds is 6. The highest BCUT2D eigenvalue weighted by atomic mass is 35.5. The van der Waals surface area contributed by atoms with Crippen molar-refractivity contribution >= 4 is 57.6 Å². The standard InChI is InChI=1S/C24H17ClFNO3S2/c1-29-17-10-8-16(9-11-17)27-23(28)22(32-24(27)31)13-15-4-2-5-18(12-15)30-14-19-20(25)6-3-7-21(19)26/h2-13H,14H2,1H3/b22-13+. The molecule has 4 nitrogen and oxygen atoms in total. The van der Waals surface area contributed by atoms with Crippen LogP contribution in [0.3, 0.4) is 0 Å². The number of thiocarbonyl (C=S) groups is 1. The van der Waals surface area contributed by atoms with Crippen LogP contribution in [0.4, 0.5) is 10.1 Å². The van der Waals surface area contributed by atoms with Crippen LogP contribution in [0.1, 0.15) is 11.1 Å². The number of hydrogen-bond donors (Lipinski definition) is 0. The monoisotopic (exact) mass is 485 g/mol. The minimum Gasteiger partial charge on any atom is -0.497 e. The third kappa shape index (κ3) is 4.80. The summed E-state index contributed by atoms with van der Waals surface area (Å²) in [6.07, 6.45) is 1.76. The lowest BCUT2D eigenvalue weighted by molar-refractivity contribution is -0.113. The SMILES string of the molecule is COc1ccc(N2C(=O)/C(=C\c3cccc(OCc4c(F)cccc4Cl)c3)SC2=S)cc1.